The van der Waals surface area contributed by atoms with Gasteiger partial charge in [0, 0.05) is 16.6 Å². The second kappa shape index (κ2) is 6.45. The van der Waals surface area contributed by atoms with E-state index in [9.17, 15) is 14.4 Å². The lowest BCUT2D eigenvalue weighted by Gasteiger charge is -2.21. The largest absolute Gasteiger partial charge is 0.351 e. The highest BCUT2D eigenvalue weighted by atomic mass is 16.2. The molecule has 1 fully saturated rings. The molecule has 0 radical (unpaired) electrons. The Morgan fingerprint density at radius 2 is 1.77 bits per heavy atom. The van der Waals surface area contributed by atoms with E-state index >= 15 is 0 Å². The summed E-state index contributed by atoms with van der Waals surface area (Å²) in [6.07, 6.45) is 0. The number of benzene rings is 3. The zero-order valence-corrected chi connectivity index (χ0v) is 16.1. The Kier molecular flexibility index (Phi) is 3.86. The van der Waals surface area contributed by atoms with Crippen LogP contribution in [0, 0.1) is 0 Å². The lowest BCUT2D eigenvalue weighted by Crippen LogP contribution is -2.40. The summed E-state index contributed by atoms with van der Waals surface area (Å²) in [7, 11) is 0. The van der Waals surface area contributed by atoms with E-state index in [0.29, 0.717) is 16.9 Å². The molecule has 0 aliphatic carbocycles. The fourth-order valence-corrected chi connectivity index (χ4v) is 3.86. The van der Waals surface area contributed by atoms with Crippen LogP contribution in [-0.4, -0.2) is 22.8 Å². The summed E-state index contributed by atoms with van der Waals surface area (Å²) in [6, 6.07) is 20.2. The molecule has 2 heterocycles. The lowest BCUT2D eigenvalue weighted by molar-refractivity contribution is -0.123. The second-order valence-corrected chi connectivity index (χ2v) is 7.50. The van der Waals surface area contributed by atoms with Gasteiger partial charge in [-0.1, -0.05) is 42.5 Å². The van der Waals surface area contributed by atoms with Crippen LogP contribution < -0.4 is 16.0 Å². The lowest BCUT2D eigenvalue weighted by atomic mass is 9.92. The van der Waals surface area contributed by atoms with E-state index < -0.39 is 17.5 Å². The van der Waals surface area contributed by atoms with Crippen LogP contribution in [0.15, 0.2) is 66.7 Å². The highest BCUT2D eigenvalue weighted by Gasteiger charge is 2.43. The molecule has 4 N–H and O–H groups in total. The van der Waals surface area contributed by atoms with Crippen LogP contribution >= 0.6 is 0 Å². The van der Waals surface area contributed by atoms with Crippen molar-refractivity contribution < 1.29 is 14.4 Å². The molecule has 1 saturated heterocycles. The molecule has 7 heteroatoms. The smallest absolute Gasteiger partial charge is 0.322 e. The van der Waals surface area contributed by atoms with Crippen molar-refractivity contribution in [3.8, 4) is 0 Å². The van der Waals surface area contributed by atoms with Gasteiger partial charge in [-0.2, -0.15) is 0 Å². The average molecular weight is 398 g/mol. The van der Waals surface area contributed by atoms with Gasteiger partial charge >= 0.3 is 6.03 Å². The van der Waals surface area contributed by atoms with Crippen molar-refractivity contribution in [2.45, 2.75) is 12.5 Å². The molecule has 1 aliphatic rings. The van der Waals surface area contributed by atoms with E-state index in [0.717, 1.165) is 21.7 Å². The Bertz CT molecular complexity index is 1360. The van der Waals surface area contributed by atoms with E-state index in [1.807, 2.05) is 42.5 Å². The monoisotopic (exact) mass is 398 g/mol. The number of carbonyl (C=O) groups excluding carboxylic acids is 3. The van der Waals surface area contributed by atoms with Crippen molar-refractivity contribution in [2.24, 2.45) is 0 Å². The van der Waals surface area contributed by atoms with Crippen LogP contribution in [-0.2, 0) is 10.3 Å². The van der Waals surface area contributed by atoms with Crippen molar-refractivity contribution >= 4 is 45.2 Å². The van der Waals surface area contributed by atoms with Gasteiger partial charge in [0.1, 0.15) is 11.2 Å². The minimum atomic E-state index is -1.18. The number of aromatic nitrogens is 1. The van der Waals surface area contributed by atoms with Gasteiger partial charge in [0.05, 0.1) is 0 Å². The maximum absolute atomic E-state index is 12.9. The van der Waals surface area contributed by atoms with E-state index in [-0.39, 0.29) is 5.91 Å². The van der Waals surface area contributed by atoms with Crippen LogP contribution in [0.1, 0.15) is 23.0 Å². The number of imide groups is 1. The van der Waals surface area contributed by atoms with Crippen LogP contribution in [0.2, 0.25) is 0 Å². The van der Waals surface area contributed by atoms with Gasteiger partial charge in [-0.15, -0.1) is 0 Å². The molecule has 4 aromatic rings. The molecule has 3 aromatic carbocycles. The normalized spacial score (nSPS) is 18.4. The molecule has 30 heavy (non-hydrogen) atoms. The summed E-state index contributed by atoms with van der Waals surface area (Å²) in [6.45, 7) is 1.62. The minimum Gasteiger partial charge on any atom is -0.351 e. The number of nitrogens with one attached hydrogen (secondary N) is 4. The standard InChI is InChI=1S/C23H18N4O3/c1-23(21(29)26-22(30)27-23)14-6-4-7-15(11-14)24-20(28)19-12-17-16-8-3-2-5-13(16)9-10-18(17)25-19/h2-12,25H,1H3,(H,24,28)(H2,26,27,29,30). The van der Waals surface area contributed by atoms with Crippen molar-refractivity contribution in [3.63, 3.8) is 0 Å². The van der Waals surface area contributed by atoms with Gasteiger partial charge in [0.25, 0.3) is 11.8 Å². The molecule has 1 aliphatic heterocycles. The summed E-state index contributed by atoms with van der Waals surface area (Å²) in [5.41, 5.74) is 1.23. The fraction of sp³-hybridized carbons (Fsp3) is 0.0870. The number of anilines is 1. The van der Waals surface area contributed by atoms with Crippen LogP contribution in [0.3, 0.4) is 0 Å². The quantitative estimate of drug-likeness (QED) is 0.396. The molecule has 7 nitrogen and oxygen atoms in total. The average Bonchev–Trinajstić information content (AvgIpc) is 3.29. The summed E-state index contributed by atoms with van der Waals surface area (Å²) in [5.74, 6) is -0.726. The maximum Gasteiger partial charge on any atom is 0.322 e. The first-order valence-electron chi connectivity index (χ1n) is 9.50. The molecular formula is C23H18N4O3. The third-order valence-corrected chi connectivity index (χ3v) is 5.52. The number of hydrogen-bond acceptors (Lipinski definition) is 3. The number of amides is 4. The first kappa shape index (κ1) is 17.9. The van der Waals surface area contributed by atoms with Gasteiger partial charge in [-0.25, -0.2) is 4.79 Å². The molecule has 1 aromatic heterocycles. The molecule has 1 unspecified atom stereocenters. The topological polar surface area (TPSA) is 103 Å². The van der Waals surface area contributed by atoms with Crippen molar-refractivity contribution in [3.05, 3.63) is 78.0 Å². The van der Waals surface area contributed by atoms with E-state index in [1.54, 1.807) is 31.2 Å². The molecule has 4 amide bonds. The predicted molar refractivity (Wildman–Crippen MR) is 114 cm³/mol. The van der Waals surface area contributed by atoms with Gasteiger partial charge in [0.2, 0.25) is 0 Å². The molecule has 1 atom stereocenters. The Morgan fingerprint density at radius 1 is 0.933 bits per heavy atom. The number of hydrogen-bond donors (Lipinski definition) is 4. The van der Waals surface area contributed by atoms with Crippen LogP contribution in [0.4, 0.5) is 10.5 Å². The van der Waals surface area contributed by atoms with E-state index in [4.69, 9.17) is 0 Å². The maximum atomic E-state index is 12.9. The van der Waals surface area contributed by atoms with Gasteiger partial charge in [0.15, 0.2) is 0 Å². The van der Waals surface area contributed by atoms with Gasteiger partial charge < -0.3 is 15.6 Å². The summed E-state index contributed by atoms with van der Waals surface area (Å²) >= 11 is 0. The second-order valence-electron chi connectivity index (χ2n) is 7.50. The zero-order valence-electron chi connectivity index (χ0n) is 16.1. The predicted octanol–water partition coefficient (Wildman–Crippen LogP) is 3.63. The number of rotatable bonds is 3. The summed E-state index contributed by atoms with van der Waals surface area (Å²) in [5, 5.41) is 10.9. The van der Waals surface area contributed by atoms with Crippen molar-refractivity contribution in [1.29, 1.82) is 0 Å². The molecule has 0 saturated carbocycles. The molecule has 5 rings (SSSR count). The number of H-pyrrole nitrogens is 1. The Morgan fingerprint density at radius 3 is 2.57 bits per heavy atom. The van der Waals surface area contributed by atoms with E-state index in [1.165, 1.54) is 0 Å². The van der Waals surface area contributed by atoms with Crippen LogP contribution in [0.25, 0.3) is 21.7 Å². The first-order valence-corrected chi connectivity index (χ1v) is 9.50. The summed E-state index contributed by atoms with van der Waals surface area (Å²) in [4.78, 5) is 39.8. The zero-order chi connectivity index (χ0) is 20.9. The number of fused-ring (bicyclic) bond motifs is 3. The summed E-state index contributed by atoms with van der Waals surface area (Å²) < 4.78 is 0. The first-order chi connectivity index (χ1) is 14.4. The Labute approximate surface area is 171 Å². The van der Waals surface area contributed by atoms with E-state index in [2.05, 4.69) is 20.9 Å². The third-order valence-electron chi connectivity index (χ3n) is 5.52. The third kappa shape index (κ3) is 2.79. The highest BCUT2D eigenvalue weighted by molar-refractivity contribution is 6.12. The molecule has 148 valence electrons. The molecular weight excluding hydrogens is 380 g/mol. The number of carbonyl (C=O) groups is 3. The van der Waals surface area contributed by atoms with Gasteiger partial charge in [-0.3, -0.25) is 14.9 Å². The Balaban J connectivity index is 1.45. The van der Waals surface area contributed by atoms with Crippen molar-refractivity contribution in [2.75, 3.05) is 5.32 Å². The van der Waals surface area contributed by atoms with Gasteiger partial charge in [-0.05, 0) is 47.5 Å². The number of aromatic amines is 1. The Hall–Kier alpha value is -4.13. The minimum absolute atomic E-state index is 0.294. The number of urea groups is 1. The SMILES string of the molecule is CC1(c2cccc(NC(=O)c3cc4c(ccc5ccccc54)[nH]3)c2)NC(=O)NC1=O. The van der Waals surface area contributed by atoms with Crippen LogP contribution in [0.5, 0.6) is 0 Å². The van der Waals surface area contributed by atoms with Crippen molar-refractivity contribution in [1.82, 2.24) is 15.6 Å². The highest BCUT2D eigenvalue weighted by Crippen LogP contribution is 2.28. The molecule has 0 spiro atoms. The molecule has 0 bridgehead atoms. The fourth-order valence-electron chi connectivity index (χ4n) is 3.86.